The van der Waals surface area contributed by atoms with Crippen LogP contribution in [0.3, 0.4) is 0 Å². The van der Waals surface area contributed by atoms with Crippen molar-refractivity contribution in [3.63, 3.8) is 0 Å². The molecule has 254 valence electrons. The number of alkyl halides is 3. The van der Waals surface area contributed by atoms with Crippen LogP contribution in [-0.4, -0.2) is 44.3 Å². The standard InChI is InChI=1S/C35H34Cl2F3N3O4S/c1-2-3-19-41-34(45)32(21-25-11-6-4-7-12-25)42(23-26-13-10-14-27(36)20-26)33(44)24-43(48(46,47)29-15-8-5-9-16-29)28-17-18-31(37)30(22-28)35(38,39)40/h4-18,20,22,32H,2-3,19,21,23-24H2,1H3,(H,41,45)/t32-/m1/s1. The third-order valence-corrected chi connectivity index (χ3v) is 9.85. The summed E-state index contributed by atoms with van der Waals surface area (Å²) in [4.78, 5) is 29.3. The summed E-state index contributed by atoms with van der Waals surface area (Å²) in [6.07, 6.45) is -3.33. The van der Waals surface area contributed by atoms with Crippen LogP contribution >= 0.6 is 23.2 Å². The first-order valence-electron chi connectivity index (χ1n) is 15.1. The largest absolute Gasteiger partial charge is 0.417 e. The first-order valence-corrected chi connectivity index (χ1v) is 17.3. The highest BCUT2D eigenvalue weighted by Gasteiger charge is 2.37. The van der Waals surface area contributed by atoms with E-state index in [4.69, 9.17) is 23.2 Å². The van der Waals surface area contributed by atoms with Crippen LogP contribution in [0, 0.1) is 0 Å². The first-order chi connectivity index (χ1) is 22.8. The van der Waals surface area contributed by atoms with E-state index >= 15 is 0 Å². The third-order valence-electron chi connectivity index (χ3n) is 7.50. The molecule has 0 aromatic heterocycles. The highest BCUT2D eigenvalue weighted by atomic mass is 35.5. The number of rotatable bonds is 14. The van der Waals surface area contributed by atoms with Crippen molar-refractivity contribution in [3.8, 4) is 0 Å². The summed E-state index contributed by atoms with van der Waals surface area (Å²) in [5.74, 6) is -1.30. The second-order valence-corrected chi connectivity index (χ2v) is 13.7. The van der Waals surface area contributed by atoms with Gasteiger partial charge in [-0.1, -0.05) is 97.2 Å². The molecule has 0 heterocycles. The third kappa shape index (κ3) is 9.52. The van der Waals surface area contributed by atoms with Crippen molar-refractivity contribution in [2.75, 3.05) is 17.4 Å². The van der Waals surface area contributed by atoms with Gasteiger partial charge in [-0.3, -0.25) is 13.9 Å². The zero-order valence-corrected chi connectivity index (χ0v) is 28.3. The Balaban J connectivity index is 1.84. The minimum atomic E-state index is -4.91. The fraction of sp³-hybridized carbons (Fsp3) is 0.257. The molecule has 0 bridgehead atoms. The van der Waals surface area contributed by atoms with Gasteiger partial charge in [-0.05, 0) is 60.0 Å². The maximum atomic E-state index is 14.5. The van der Waals surface area contributed by atoms with Gasteiger partial charge in [0.05, 0.1) is 21.2 Å². The van der Waals surface area contributed by atoms with Crippen molar-refractivity contribution < 1.29 is 31.2 Å². The van der Waals surface area contributed by atoms with E-state index in [-0.39, 0.29) is 17.9 Å². The summed E-state index contributed by atoms with van der Waals surface area (Å²) in [6, 6.07) is 24.2. The lowest BCUT2D eigenvalue weighted by atomic mass is 10.0. The maximum Gasteiger partial charge on any atom is 0.417 e. The minimum absolute atomic E-state index is 0.0791. The molecular weight excluding hydrogens is 686 g/mol. The van der Waals surface area contributed by atoms with Gasteiger partial charge in [-0.15, -0.1) is 0 Å². The zero-order chi connectivity index (χ0) is 34.9. The van der Waals surface area contributed by atoms with E-state index in [0.29, 0.717) is 33.9 Å². The number of anilines is 1. The number of nitrogens with zero attached hydrogens (tertiary/aromatic N) is 2. The average Bonchev–Trinajstić information content (AvgIpc) is 3.06. The number of sulfonamides is 1. The normalized spacial score (nSPS) is 12.3. The molecule has 13 heteroatoms. The van der Waals surface area contributed by atoms with Crippen LogP contribution in [0.15, 0.2) is 108 Å². The van der Waals surface area contributed by atoms with Crippen LogP contribution in [0.5, 0.6) is 0 Å². The molecule has 0 aliphatic carbocycles. The summed E-state index contributed by atoms with van der Waals surface area (Å²) in [7, 11) is -4.61. The molecule has 48 heavy (non-hydrogen) atoms. The summed E-state index contributed by atoms with van der Waals surface area (Å²) < 4.78 is 70.5. The number of hydrogen-bond donors (Lipinski definition) is 1. The molecule has 0 radical (unpaired) electrons. The Morgan fingerprint density at radius 1 is 0.854 bits per heavy atom. The number of nitrogens with one attached hydrogen (secondary N) is 1. The summed E-state index contributed by atoms with van der Waals surface area (Å²) >= 11 is 12.1. The van der Waals surface area contributed by atoms with E-state index in [1.165, 1.54) is 29.2 Å². The molecule has 1 atom stereocenters. The quantitative estimate of drug-likeness (QED) is 0.135. The molecule has 0 aliphatic rings. The van der Waals surface area contributed by atoms with E-state index in [2.05, 4.69) is 5.32 Å². The van der Waals surface area contributed by atoms with Crippen molar-refractivity contribution in [1.82, 2.24) is 10.2 Å². The average molecular weight is 721 g/mol. The molecule has 1 N–H and O–H groups in total. The van der Waals surface area contributed by atoms with Crippen molar-refractivity contribution in [2.24, 2.45) is 0 Å². The topological polar surface area (TPSA) is 86.8 Å². The number of carbonyl (C=O) groups is 2. The van der Waals surface area contributed by atoms with E-state index in [9.17, 15) is 31.2 Å². The van der Waals surface area contributed by atoms with Gasteiger partial charge in [0.1, 0.15) is 12.6 Å². The zero-order valence-electron chi connectivity index (χ0n) is 26.0. The highest BCUT2D eigenvalue weighted by Crippen LogP contribution is 2.38. The van der Waals surface area contributed by atoms with Gasteiger partial charge >= 0.3 is 6.18 Å². The van der Waals surface area contributed by atoms with Crippen molar-refractivity contribution >= 4 is 50.7 Å². The van der Waals surface area contributed by atoms with E-state index in [1.807, 2.05) is 13.0 Å². The molecule has 0 saturated carbocycles. The van der Waals surface area contributed by atoms with Crippen LogP contribution in [0.4, 0.5) is 18.9 Å². The Kier molecular flexibility index (Phi) is 12.5. The number of hydrogen-bond acceptors (Lipinski definition) is 4. The molecule has 7 nitrogen and oxygen atoms in total. The van der Waals surface area contributed by atoms with E-state index < -0.39 is 56.9 Å². The van der Waals surface area contributed by atoms with Gasteiger partial charge in [0, 0.05) is 24.5 Å². The molecule has 0 unspecified atom stereocenters. The Hall–Kier alpha value is -4.06. The van der Waals surface area contributed by atoms with Gasteiger partial charge in [-0.2, -0.15) is 13.2 Å². The molecule has 4 aromatic carbocycles. The van der Waals surface area contributed by atoms with Crippen LogP contribution < -0.4 is 9.62 Å². The number of unbranched alkanes of at least 4 members (excludes halogenated alkanes) is 1. The molecule has 4 aromatic rings. The van der Waals surface area contributed by atoms with Gasteiger partial charge in [0.2, 0.25) is 11.8 Å². The lowest BCUT2D eigenvalue weighted by Crippen LogP contribution is -2.53. The van der Waals surface area contributed by atoms with Crippen LogP contribution in [0.25, 0.3) is 0 Å². The fourth-order valence-electron chi connectivity index (χ4n) is 5.03. The monoisotopic (exact) mass is 719 g/mol. The number of carbonyl (C=O) groups excluding carboxylic acids is 2. The molecule has 0 fully saturated rings. The predicted octanol–water partition coefficient (Wildman–Crippen LogP) is 7.76. The van der Waals surface area contributed by atoms with E-state index in [1.54, 1.807) is 54.6 Å². The molecule has 0 spiro atoms. The Morgan fingerprint density at radius 2 is 1.50 bits per heavy atom. The van der Waals surface area contributed by atoms with Crippen molar-refractivity contribution in [3.05, 3.63) is 130 Å². The molecule has 0 aliphatic heterocycles. The van der Waals surface area contributed by atoms with Crippen LogP contribution in [0.1, 0.15) is 36.5 Å². The SMILES string of the molecule is CCCCNC(=O)[C@@H](Cc1ccccc1)N(Cc1cccc(Cl)c1)C(=O)CN(c1ccc(Cl)c(C(F)(F)F)c1)S(=O)(=O)c1ccccc1. The number of amides is 2. The highest BCUT2D eigenvalue weighted by molar-refractivity contribution is 7.92. The van der Waals surface area contributed by atoms with Crippen LogP contribution in [0.2, 0.25) is 10.0 Å². The van der Waals surface area contributed by atoms with Crippen molar-refractivity contribution in [2.45, 2.75) is 49.8 Å². The summed E-state index contributed by atoms with van der Waals surface area (Å²) in [5, 5.41) is 2.62. The van der Waals surface area contributed by atoms with E-state index in [0.717, 1.165) is 24.1 Å². The number of halogens is 5. The predicted molar refractivity (Wildman–Crippen MR) is 181 cm³/mol. The first kappa shape index (κ1) is 36.8. The second-order valence-electron chi connectivity index (χ2n) is 11.0. The lowest BCUT2D eigenvalue weighted by molar-refractivity contribution is -0.140. The molecular formula is C35H34Cl2F3N3O4S. The summed E-state index contributed by atoms with van der Waals surface area (Å²) in [5.41, 5.74) is -0.411. The second kappa shape index (κ2) is 16.4. The Bertz CT molecular complexity index is 1810. The van der Waals surface area contributed by atoms with Gasteiger partial charge < -0.3 is 10.2 Å². The fourth-order valence-corrected chi connectivity index (χ4v) is 6.89. The van der Waals surface area contributed by atoms with Crippen molar-refractivity contribution in [1.29, 1.82) is 0 Å². The van der Waals surface area contributed by atoms with Gasteiger partial charge in [0.15, 0.2) is 0 Å². The van der Waals surface area contributed by atoms with Gasteiger partial charge in [0.25, 0.3) is 10.0 Å². The lowest BCUT2D eigenvalue weighted by Gasteiger charge is -2.34. The Labute approximate surface area is 288 Å². The summed E-state index contributed by atoms with van der Waals surface area (Å²) in [6.45, 7) is 1.24. The molecule has 0 saturated heterocycles. The smallest absolute Gasteiger partial charge is 0.354 e. The maximum absolute atomic E-state index is 14.5. The molecule has 4 rings (SSSR count). The minimum Gasteiger partial charge on any atom is -0.354 e. The van der Waals surface area contributed by atoms with Crippen LogP contribution in [-0.2, 0) is 38.8 Å². The Morgan fingerprint density at radius 3 is 2.12 bits per heavy atom. The number of benzene rings is 4. The van der Waals surface area contributed by atoms with Gasteiger partial charge in [-0.25, -0.2) is 8.42 Å². The molecule has 2 amide bonds.